The van der Waals surface area contributed by atoms with Crippen LogP contribution < -0.4 is 5.73 Å². The highest BCUT2D eigenvalue weighted by molar-refractivity contribution is 7.99. The molecule has 5 nitrogen and oxygen atoms in total. The number of aryl methyl sites for hydroxylation is 1. The summed E-state index contributed by atoms with van der Waals surface area (Å²) < 4.78 is 1.77. The monoisotopic (exact) mass is 269 g/mol. The van der Waals surface area contributed by atoms with E-state index in [-0.39, 0.29) is 5.92 Å². The molecular weight excluding hydrogens is 250 g/mol. The molecule has 2 rings (SSSR count). The van der Waals surface area contributed by atoms with Gasteiger partial charge in [0.1, 0.15) is 5.54 Å². The molecule has 0 bridgehead atoms. The van der Waals surface area contributed by atoms with Crippen molar-refractivity contribution in [3.8, 4) is 0 Å². The molecule has 3 N–H and O–H groups in total. The lowest BCUT2D eigenvalue weighted by Gasteiger charge is -2.26. The maximum atomic E-state index is 11.2. The van der Waals surface area contributed by atoms with E-state index in [0.717, 1.165) is 29.9 Å². The van der Waals surface area contributed by atoms with Gasteiger partial charge < -0.3 is 10.8 Å². The zero-order valence-electron chi connectivity index (χ0n) is 10.5. The number of aliphatic carboxylic acids is 1. The molecule has 2 unspecified atom stereocenters. The predicted octanol–water partition coefficient (Wildman–Crippen LogP) is 1.48. The fourth-order valence-corrected chi connectivity index (χ4v) is 3.57. The second-order valence-electron chi connectivity index (χ2n) is 4.92. The molecule has 18 heavy (non-hydrogen) atoms. The van der Waals surface area contributed by atoms with Gasteiger partial charge in [-0.1, -0.05) is 6.42 Å². The predicted molar refractivity (Wildman–Crippen MR) is 70.4 cm³/mol. The van der Waals surface area contributed by atoms with Crippen LogP contribution in [0.3, 0.4) is 0 Å². The number of nitrogens with zero attached hydrogens (tertiary/aromatic N) is 2. The summed E-state index contributed by atoms with van der Waals surface area (Å²) >= 11 is 1.71. The Morgan fingerprint density at radius 3 is 3.17 bits per heavy atom. The van der Waals surface area contributed by atoms with E-state index in [2.05, 4.69) is 5.10 Å². The van der Waals surface area contributed by atoms with Gasteiger partial charge in [-0.2, -0.15) is 5.10 Å². The van der Waals surface area contributed by atoms with Crippen molar-refractivity contribution in [1.29, 1.82) is 0 Å². The Morgan fingerprint density at radius 1 is 1.78 bits per heavy atom. The first-order valence-corrected chi connectivity index (χ1v) is 7.14. The minimum atomic E-state index is -1.00. The molecule has 0 saturated heterocycles. The number of carbonyl (C=O) groups is 1. The van der Waals surface area contributed by atoms with E-state index in [1.165, 1.54) is 0 Å². The molecule has 1 heterocycles. The number of thioether (sulfide) groups is 1. The smallest absolute Gasteiger partial charge is 0.323 e. The molecule has 1 aliphatic carbocycles. The molecule has 0 radical (unpaired) electrons. The van der Waals surface area contributed by atoms with Gasteiger partial charge in [0, 0.05) is 18.1 Å². The molecule has 0 spiro atoms. The van der Waals surface area contributed by atoms with Crippen LogP contribution in [0.5, 0.6) is 0 Å². The molecular formula is C12H19N3O2S. The number of carboxylic acids is 1. The Morgan fingerprint density at radius 2 is 2.56 bits per heavy atom. The first kappa shape index (κ1) is 13.4. The van der Waals surface area contributed by atoms with E-state index >= 15 is 0 Å². The Kier molecular flexibility index (Phi) is 3.97. The average Bonchev–Trinajstić information content (AvgIpc) is 2.87. The number of rotatable bonds is 5. The Bertz CT molecular complexity index is 435. The molecule has 0 aliphatic heterocycles. The van der Waals surface area contributed by atoms with Gasteiger partial charge in [-0.15, -0.1) is 11.8 Å². The van der Waals surface area contributed by atoms with Crippen LogP contribution in [-0.4, -0.2) is 32.1 Å². The quantitative estimate of drug-likeness (QED) is 0.791. The normalized spacial score (nSPS) is 27.6. The van der Waals surface area contributed by atoms with Crippen LogP contribution in [0.15, 0.2) is 17.3 Å². The maximum absolute atomic E-state index is 11.2. The van der Waals surface area contributed by atoms with Crippen molar-refractivity contribution in [1.82, 2.24) is 9.78 Å². The van der Waals surface area contributed by atoms with Crippen molar-refractivity contribution >= 4 is 17.7 Å². The van der Waals surface area contributed by atoms with E-state index in [1.54, 1.807) is 16.4 Å². The lowest BCUT2D eigenvalue weighted by Crippen LogP contribution is -2.51. The molecule has 1 saturated carbocycles. The zero-order chi connectivity index (χ0) is 13.2. The fourth-order valence-electron chi connectivity index (χ4n) is 2.58. The second kappa shape index (κ2) is 5.32. The van der Waals surface area contributed by atoms with E-state index < -0.39 is 11.5 Å². The summed E-state index contributed by atoms with van der Waals surface area (Å²) in [4.78, 5) is 12.3. The van der Waals surface area contributed by atoms with Gasteiger partial charge in [-0.05, 0) is 30.9 Å². The summed E-state index contributed by atoms with van der Waals surface area (Å²) in [5.41, 5.74) is 5.00. The summed E-state index contributed by atoms with van der Waals surface area (Å²) in [5, 5.41) is 13.3. The van der Waals surface area contributed by atoms with E-state index in [0.29, 0.717) is 6.42 Å². The third-order valence-electron chi connectivity index (χ3n) is 3.69. The van der Waals surface area contributed by atoms with Gasteiger partial charge in [0.15, 0.2) is 0 Å². The highest BCUT2D eigenvalue weighted by Crippen LogP contribution is 2.37. The Hall–Kier alpha value is -1.01. The lowest BCUT2D eigenvalue weighted by molar-refractivity contribution is -0.144. The van der Waals surface area contributed by atoms with Gasteiger partial charge in [0.25, 0.3) is 0 Å². The van der Waals surface area contributed by atoms with E-state index in [4.69, 9.17) is 5.73 Å². The van der Waals surface area contributed by atoms with Crippen LogP contribution in [0.4, 0.5) is 0 Å². The SMILES string of the molecule is Cn1cc(SCCC2CCCC2(N)C(=O)O)cn1. The first-order chi connectivity index (χ1) is 8.52. The fraction of sp³-hybridized carbons (Fsp3) is 0.667. The molecule has 0 aromatic carbocycles. The molecule has 100 valence electrons. The topological polar surface area (TPSA) is 81.1 Å². The average molecular weight is 269 g/mol. The summed E-state index contributed by atoms with van der Waals surface area (Å²) in [6, 6.07) is 0. The Balaban J connectivity index is 1.85. The highest BCUT2D eigenvalue weighted by atomic mass is 32.2. The second-order valence-corrected chi connectivity index (χ2v) is 6.09. The number of hydrogen-bond acceptors (Lipinski definition) is 4. The van der Waals surface area contributed by atoms with Crippen molar-refractivity contribution in [2.24, 2.45) is 18.7 Å². The standard InChI is InChI=1S/C12H19N3O2S/c1-15-8-10(7-14-15)18-6-4-9-3-2-5-12(9,13)11(16)17/h7-9H,2-6,13H2,1H3,(H,16,17). The van der Waals surface area contributed by atoms with Crippen molar-refractivity contribution in [2.75, 3.05) is 5.75 Å². The lowest BCUT2D eigenvalue weighted by atomic mass is 9.86. The molecule has 1 aliphatic rings. The van der Waals surface area contributed by atoms with Crippen LogP contribution >= 0.6 is 11.8 Å². The van der Waals surface area contributed by atoms with Gasteiger partial charge in [0.2, 0.25) is 0 Å². The summed E-state index contributed by atoms with van der Waals surface area (Å²) in [6.45, 7) is 0. The van der Waals surface area contributed by atoms with E-state index in [1.807, 2.05) is 19.4 Å². The molecule has 1 fully saturated rings. The number of hydrogen-bond donors (Lipinski definition) is 2. The summed E-state index contributed by atoms with van der Waals surface area (Å²) in [5.74, 6) is 0.137. The molecule has 1 aromatic heterocycles. The van der Waals surface area contributed by atoms with Gasteiger partial charge in [-0.3, -0.25) is 9.48 Å². The van der Waals surface area contributed by atoms with E-state index in [9.17, 15) is 9.90 Å². The number of aromatic nitrogens is 2. The molecule has 0 amide bonds. The largest absolute Gasteiger partial charge is 0.480 e. The van der Waals surface area contributed by atoms with Crippen molar-refractivity contribution in [3.63, 3.8) is 0 Å². The van der Waals surface area contributed by atoms with Gasteiger partial charge >= 0.3 is 5.97 Å². The third kappa shape index (κ3) is 2.70. The maximum Gasteiger partial charge on any atom is 0.323 e. The van der Waals surface area contributed by atoms with Crippen LogP contribution in [-0.2, 0) is 11.8 Å². The zero-order valence-corrected chi connectivity index (χ0v) is 11.3. The third-order valence-corrected chi connectivity index (χ3v) is 4.67. The molecule has 6 heteroatoms. The van der Waals surface area contributed by atoms with Crippen LogP contribution in [0, 0.1) is 5.92 Å². The summed E-state index contributed by atoms with van der Waals surface area (Å²) in [6.07, 6.45) is 7.09. The molecule has 2 atom stereocenters. The number of carboxylic acid groups (broad SMARTS) is 1. The minimum absolute atomic E-state index is 0.0965. The van der Waals surface area contributed by atoms with Crippen molar-refractivity contribution in [3.05, 3.63) is 12.4 Å². The van der Waals surface area contributed by atoms with Crippen molar-refractivity contribution < 1.29 is 9.90 Å². The molecule has 1 aromatic rings. The van der Waals surface area contributed by atoms with Crippen LogP contribution in [0.1, 0.15) is 25.7 Å². The summed E-state index contributed by atoms with van der Waals surface area (Å²) in [7, 11) is 1.89. The Labute approximate surface area is 111 Å². The van der Waals surface area contributed by atoms with Crippen LogP contribution in [0.25, 0.3) is 0 Å². The highest BCUT2D eigenvalue weighted by Gasteiger charge is 2.45. The number of nitrogens with two attached hydrogens (primary N) is 1. The van der Waals surface area contributed by atoms with Crippen LogP contribution in [0.2, 0.25) is 0 Å². The van der Waals surface area contributed by atoms with Gasteiger partial charge in [-0.25, -0.2) is 0 Å². The minimum Gasteiger partial charge on any atom is -0.480 e. The first-order valence-electron chi connectivity index (χ1n) is 6.16. The van der Waals surface area contributed by atoms with Crippen molar-refractivity contribution in [2.45, 2.75) is 36.1 Å². The van der Waals surface area contributed by atoms with Gasteiger partial charge in [0.05, 0.1) is 6.20 Å².